The summed E-state index contributed by atoms with van der Waals surface area (Å²) in [6.07, 6.45) is 2.83. The average molecular weight is 290 g/mol. The van der Waals surface area contributed by atoms with Crippen molar-refractivity contribution in [3.63, 3.8) is 0 Å². The Morgan fingerprint density at radius 1 is 1.24 bits per heavy atom. The second-order valence-electron chi connectivity index (χ2n) is 6.42. The quantitative estimate of drug-likeness (QED) is 0.871. The average Bonchev–Trinajstić information content (AvgIpc) is 2.53. The number of nitrogens with one attached hydrogen (secondary N) is 1. The first kappa shape index (κ1) is 16.5. The summed E-state index contributed by atoms with van der Waals surface area (Å²) in [7, 11) is 3.88. The lowest BCUT2D eigenvalue weighted by molar-refractivity contribution is 0.0283. The first-order valence-corrected chi connectivity index (χ1v) is 8.16. The lowest BCUT2D eigenvalue weighted by Gasteiger charge is -2.34. The van der Waals surface area contributed by atoms with Crippen LogP contribution in [-0.2, 0) is 4.74 Å². The van der Waals surface area contributed by atoms with Gasteiger partial charge in [0.15, 0.2) is 0 Å². The highest BCUT2D eigenvalue weighted by Crippen LogP contribution is 2.21. The zero-order chi connectivity index (χ0) is 15.2. The summed E-state index contributed by atoms with van der Waals surface area (Å²) in [6, 6.07) is 9.46. The molecule has 2 rings (SSSR count). The molecule has 1 aromatic carbocycles. The van der Waals surface area contributed by atoms with Crippen molar-refractivity contribution in [3.05, 3.63) is 35.4 Å². The molecule has 1 fully saturated rings. The number of likely N-dealkylation sites (N-methyl/N-ethyl adjacent to an activating group) is 1. The Morgan fingerprint density at radius 3 is 2.48 bits per heavy atom. The number of benzene rings is 1. The topological polar surface area (TPSA) is 24.5 Å². The Balaban J connectivity index is 1.98. The van der Waals surface area contributed by atoms with Crippen LogP contribution in [0.25, 0.3) is 0 Å². The molecular formula is C18H30N2O. The normalized spacial score (nSPS) is 21.7. The molecule has 0 amide bonds. The van der Waals surface area contributed by atoms with E-state index in [9.17, 15) is 0 Å². The van der Waals surface area contributed by atoms with Crippen LogP contribution in [0, 0.1) is 0 Å². The van der Waals surface area contributed by atoms with Gasteiger partial charge in [-0.3, -0.25) is 4.90 Å². The molecule has 1 aromatic rings. The highest BCUT2D eigenvalue weighted by Gasteiger charge is 2.22. The first-order chi connectivity index (χ1) is 10.1. The summed E-state index contributed by atoms with van der Waals surface area (Å²) in [6.45, 7) is 7.77. The van der Waals surface area contributed by atoms with E-state index in [0.29, 0.717) is 18.1 Å². The summed E-state index contributed by atoms with van der Waals surface area (Å²) in [4.78, 5) is 2.52. The van der Waals surface area contributed by atoms with Crippen LogP contribution in [0.3, 0.4) is 0 Å². The fraction of sp³-hybridized carbons (Fsp3) is 0.667. The minimum absolute atomic E-state index is 0.391. The van der Waals surface area contributed by atoms with Gasteiger partial charge in [0.1, 0.15) is 0 Å². The molecule has 0 aliphatic carbocycles. The SMILES string of the molecule is CNC(CN1CCCC(OC)C1)c1ccc(C(C)C)cc1. The van der Waals surface area contributed by atoms with Gasteiger partial charge in [-0.15, -0.1) is 0 Å². The van der Waals surface area contributed by atoms with Crippen molar-refractivity contribution in [2.75, 3.05) is 33.8 Å². The number of piperidine rings is 1. The summed E-state index contributed by atoms with van der Waals surface area (Å²) in [5, 5.41) is 3.46. The summed E-state index contributed by atoms with van der Waals surface area (Å²) in [5.41, 5.74) is 2.78. The molecule has 3 heteroatoms. The first-order valence-electron chi connectivity index (χ1n) is 8.16. The third-order valence-corrected chi connectivity index (χ3v) is 4.59. The summed E-state index contributed by atoms with van der Waals surface area (Å²) >= 11 is 0. The van der Waals surface area contributed by atoms with Crippen molar-refractivity contribution in [1.82, 2.24) is 10.2 Å². The Kier molecular flexibility index (Phi) is 6.22. The maximum atomic E-state index is 5.52. The van der Waals surface area contributed by atoms with E-state index >= 15 is 0 Å². The molecule has 1 N–H and O–H groups in total. The summed E-state index contributed by atoms with van der Waals surface area (Å²) < 4.78 is 5.52. The zero-order valence-electron chi connectivity index (χ0n) is 13.9. The van der Waals surface area contributed by atoms with Gasteiger partial charge in [0.25, 0.3) is 0 Å². The van der Waals surface area contributed by atoms with E-state index in [4.69, 9.17) is 4.74 Å². The molecule has 1 aliphatic rings. The van der Waals surface area contributed by atoms with E-state index in [1.54, 1.807) is 0 Å². The van der Waals surface area contributed by atoms with E-state index in [-0.39, 0.29) is 0 Å². The molecule has 21 heavy (non-hydrogen) atoms. The van der Waals surface area contributed by atoms with Crippen LogP contribution < -0.4 is 5.32 Å². The highest BCUT2D eigenvalue weighted by molar-refractivity contribution is 5.27. The summed E-state index contributed by atoms with van der Waals surface area (Å²) in [5.74, 6) is 0.594. The Morgan fingerprint density at radius 2 is 1.90 bits per heavy atom. The van der Waals surface area contributed by atoms with Crippen LogP contribution in [0.15, 0.2) is 24.3 Å². The number of hydrogen-bond acceptors (Lipinski definition) is 3. The van der Waals surface area contributed by atoms with Gasteiger partial charge in [0.2, 0.25) is 0 Å². The van der Waals surface area contributed by atoms with Crippen LogP contribution in [0.2, 0.25) is 0 Å². The predicted molar refractivity (Wildman–Crippen MR) is 88.8 cm³/mol. The van der Waals surface area contributed by atoms with Gasteiger partial charge in [0, 0.05) is 26.2 Å². The standard InChI is InChI=1S/C18H30N2O/c1-14(2)15-7-9-16(10-8-15)18(19-3)13-20-11-5-6-17(12-20)21-4/h7-10,14,17-19H,5-6,11-13H2,1-4H3. The molecule has 0 aromatic heterocycles. The molecule has 0 spiro atoms. The molecule has 2 unspecified atom stereocenters. The van der Waals surface area contributed by atoms with Gasteiger partial charge >= 0.3 is 0 Å². The smallest absolute Gasteiger partial charge is 0.0698 e. The predicted octanol–water partition coefficient (Wildman–Crippen LogP) is 3.18. The minimum Gasteiger partial charge on any atom is -0.380 e. The van der Waals surface area contributed by atoms with Crippen LogP contribution >= 0.6 is 0 Å². The number of likely N-dealkylation sites (tertiary alicyclic amines) is 1. The van der Waals surface area contributed by atoms with Crippen LogP contribution in [-0.4, -0.2) is 44.8 Å². The number of hydrogen-bond donors (Lipinski definition) is 1. The van der Waals surface area contributed by atoms with Crippen molar-refractivity contribution < 1.29 is 4.74 Å². The lowest BCUT2D eigenvalue weighted by atomic mass is 9.98. The number of ether oxygens (including phenoxy) is 1. The third kappa shape index (κ3) is 4.53. The number of methoxy groups -OCH3 is 1. The number of rotatable bonds is 6. The molecule has 118 valence electrons. The zero-order valence-corrected chi connectivity index (χ0v) is 13.9. The Bertz CT molecular complexity index is 416. The van der Waals surface area contributed by atoms with Crippen molar-refractivity contribution in [3.8, 4) is 0 Å². The molecule has 1 saturated heterocycles. The minimum atomic E-state index is 0.391. The van der Waals surface area contributed by atoms with Crippen molar-refractivity contribution in [2.45, 2.75) is 44.8 Å². The second kappa shape index (κ2) is 7.92. The second-order valence-corrected chi connectivity index (χ2v) is 6.42. The van der Waals surface area contributed by atoms with E-state index in [0.717, 1.165) is 13.1 Å². The molecule has 1 aliphatic heterocycles. The largest absolute Gasteiger partial charge is 0.380 e. The number of nitrogens with zero attached hydrogens (tertiary/aromatic N) is 1. The van der Waals surface area contributed by atoms with E-state index in [2.05, 4.69) is 55.4 Å². The molecule has 0 radical (unpaired) electrons. The monoisotopic (exact) mass is 290 g/mol. The fourth-order valence-electron chi connectivity index (χ4n) is 3.11. The van der Waals surface area contributed by atoms with Gasteiger partial charge in [-0.25, -0.2) is 0 Å². The van der Waals surface area contributed by atoms with Crippen LogP contribution in [0.1, 0.15) is 49.8 Å². The maximum Gasteiger partial charge on any atom is 0.0698 e. The molecule has 1 heterocycles. The Hall–Kier alpha value is -0.900. The Labute approximate surface area is 129 Å². The maximum absolute atomic E-state index is 5.52. The van der Waals surface area contributed by atoms with Gasteiger partial charge in [-0.2, -0.15) is 0 Å². The van der Waals surface area contributed by atoms with Gasteiger partial charge in [-0.05, 0) is 43.5 Å². The molecule has 0 bridgehead atoms. The fourth-order valence-corrected chi connectivity index (χ4v) is 3.11. The molecule has 2 atom stereocenters. The van der Waals surface area contributed by atoms with E-state index in [1.165, 1.54) is 30.5 Å². The van der Waals surface area contributed by atoms with Gasteiger partial charge < -0.3 is 10.1 Å². The van der Waals surface area contributed by atoms with Crippen molar-refractivity contribution >= 4 is 0 Å². The third-order valence-electron chi connectivity index (χ3n) is 4.59. The molecule has 0 saturated carbocycles. The van der Waals surface area contributed by atoms with E-state index < -0.39 is 0 Å². The van der Waals surface area contributed by atoms with Crippen molar-refractivity contribution in [2.24, 2.45) is 0 Å². The molecule has 3 nitrogen and oxygen atoms in total. The van der Waals surface area contributed by atoms with Crippen molar-refractivity contribution in [1.29, 1.82) is 0 Å². The molecular weight excluding hydrogens is 260 g/mol. The van der Waals surface area contributed by atoms with Crippen LogP contribution in [0.4, 0.5) is 0 Å². The van der Waals surface area contributed by atoms with Gasteiger partial charge in [-0.1, -0.05) is 38.1 Å². The van der Waals surface area contributed by atoms with E-state index in [1.807, 2.05) is 7.11 Å². The van der Waals surface area contributed by atoms with Crippen LogP contribution in [0.5, 0.6) is 0 Å². The highest BCUT2D eigenvalue weighted by atomic mass is 16.5. The van der Waals surface area contributed by atoms with Gasteiger partial charge in [0.05, 0.1) is 6.10 Å². The lowest BCUT2D eigenvalue weighted by Crippen LogP contribution is -2.43.